The van der Waals surface area contributed by atoms with Crippen LogP contribution >= 0.6 is 0 Å². The zero-order valence-corrected chi connectivity index (χ0v) is 23.0. The quantitative estimate of drug-likeness (QED) is 0.435. The van der Waals surface area contributed by atoms with Crippen molar-refractivity contribution in [2.45, 2.75) is 65.6 Å². The average molecular weight is 518 g/mol. The largest absolute Gasteiger partial charge is 0.497 e. The molecule has 36 heavy (non-hydrogen) atoms. The Bertz CT molecular complexity index is 1120. The van der Waals surface area contributed by atoms with Gasteiger partial charge in [-0.3, -0.25) is 13.9 Å². The first kappa shape index (κ1) is 29.2. The molecule has 8 nitrogen and oxygen atoms in total. The van der Waals surface area contributed by atoms with Gasteiger partial charge in [0.15, 0.2) is 0 Å². The number of aryl methyl sites for hydroxylation is 1. The molecule has 2 rings (SSSR count). The summed E-state index contributed by atoms with van der Waals surface area (Å²) in [5.41, 5.74) is 2.50. The van der Waals surface area contributed by atoms with Crippen molar-refractivity contribution in [2.24, 2.45) is 0 Å². The molecule has 0 bridgehead atoms. The number of carbonyl (C=O) groups excluding carboxylic acids is 2. The molecule has 2 amide bonds. The van der Waals surface area contributed by atoms with E-state index in [4.69, 9.17) is 4.74 Å². The molecule has 0 spiro atoms. The van der Waals surface area contributed by atoms with Crippen molar-refractivity contribution in [3.05, 3.63) is 59.7 Å². The standard InChI is InChI=1S/C27H39N3O5S/c1-7-21(3)28-27(32)22(4)29(19-23-12-9-8-11-20(23)2)26(31)13-10-18-30(36(6,33)34)24-14-16-25(35-5)17-15-24/h8-9,11-12,14-17,21-22H,7,10,13,18-19H2,1-6H3,(H,28,32)/t21-,22-/m1/s1. The van der Waals surface area contributed by atoms with Crippen LogP contribution in [0.15, 0.2) is 48.5 Å². The Morgan fingerprint density at radius 1 is 1.06 bits per heavy atom. The van der Waals surface area contributed by atoms with Gasteiger partial charge in [0.1, 0.15) is 11.8 Å². The molecular formula is C27H39N3O5S. The minimum atomic E-state index is -3.55. The number of carbonyl (C=O) groups is 2. The Kier molecular flexibility index (Phi) is 10.8. The average Bonchev–Trinajstić information content (AvgIpc) is 2.84. The van der Waals surface area contributed by atoms with Crippen molar-refractivity contribution in [2.75, 3.05) is 24.2 Å². The highest BCUT2D eigenvalue weighted by molar-refractivity contribution is 7.92. The van der Waals surface area contributed by atoms with Gasteiger partial charge in [-0.1, -0.05) is 31.2 Å². The molecule has 2 atom stereocenters. The summed E-state index contributed by atoms with van der Waals surface area (Å²) < 4.78 is 31.3. The van der Waals surface area contributed by atoms with Crippen LogP contribution < -0.4 is 14.4 Å². The van der Waals surface area contributed by atoms with Crippen LogP contribution in [-0.2, 0) is 26.2 Å². The van der Waals surface area contributed by atoms with Crippen molar-refractivity contribution < 1.29 is 22.7 Å². The molecule has 0 fully saturated rings. The summed E-state index contributed by atoms with van der Waals surface area (Å²) in [4.78, 5) is 27.8. The predicted octanol–water partition coefficient (Wildman–Crippen LogP) is 3.88. The highest BCUT2D eigenvalue weighted by atomic mass is 32.2. The molecule has 0 aliphatic carbocycles. The lowest BCUT2D eigenvalue weighted by molar-refractivity contribution is -0.140. The van der Waals surface area contributed by atoms with Gasteiger partial charge in [0, 0.05) is 25.6 Å². The van der Waals surface area contributed by atoms with E-state index in [0.717, 1.165) is 23.8 Å². The molecule has 2 aromatic rings. The topological polar surface area (TPSA) is 96.0 Å². The summed E-state index contributed by atoms with van der Waals surface area (Å²) >= 11 is 0. The number of hydrogen-bond acceptors (Lipinski definition) is 5. The van der Waals surface area contributed by atoms with Crippen molar-refractivity contribution in [1.82, 2.24) is 10.2 Å². The van der Waals surface area contributed by atoms with Gasteiger partial charge in [-0.05, 0) is 69.0 Å². The Hall–Kier alpha value is -3.07. The molecule has 0 heterocycles. The van der Waals surface area contributed by atoms with Crippen LogP contribution in [0.25, 0.3) is 0 Å². The number of amides is 2. The van der Waals surface area contributed by atoms with Crippen molar-refractivity contribution in [1.29, 1.82) is 0 Å². The van der Waals surface area contributed by atoms with Gasteiger partial charge in [0.05, 0.1) is 19.1 Å². The number of sulfonamides is 1. The van der Waals surface area contributed by atoms with E-state index in [0.29, 0.717) is 24.4 Å². The minimum Gasteiger partial charge on any atom is -0.497 e. The zero-order chi connectivity index (χ0) is 26.9. The van der Waals surface area contributed by atoms with Crippen LogP contribution in [0, 0.1) is 6.92 Å². The summed E-state index contributed by atoms with van der Waals surface area (Å²) in [5, 5.41) is 2.96. The Balaban J connectivity index is 2.18. The lowest BCUT2D eigenvalue weighted by Crippen LogP contribution is -2.49. The fourth-order valence-electron chi connectivity index (χ4n) is 3.77. The summed E-state index contributed by atoms with van der Waals surface area (Å²) in [6.07, 6.45) is 2.35. The number of hydrogen-bond donors (Lipinski definition) is 1. The number of ether oxygens (including phenoxy) is 1. The van der Waals surface area contributed by atoms with E-state index >= 15 is 0 Å². The molecule has 9 heteroatoms. The lowest BCUT2D eigenvalue weighted by atomic mass is 10.1. The van der Waals surface area contributed by atoms with Crippen LogP contribution in [0.1, 0.15) is 51.2 Å². The highest BCUT2D eigenvalue weighted by Gasteiger charge is 2.27. The molecule has 0 aromatic heterocycles. The molecule has 2 aromatic carbocycles. The van der Waals surface area contributed by atoms with Gasteiger partial charge in [-0.25, -0.2) is 8.42 Å². The van der Waals surface area contributed by atoms with E-state index in [1.165, 1.54) is 4.31 Å². The molecule has 0 aliphatic rings. The molecule has 0 radical (unpaired) electrons. The van der Waals surface area contributed by atoms with Gasteiger partial charge >= 0.3 is 0 Å². The Labute approximate surface area is 215 Å². The van der Waals surface area contributed by atoms with Crippen LogP contribution in [0.2, 0.25) is 0 Å². The van der Waals surface area contributed by atoms with Gasteiger partial charge in [0.25, 0.3) is 0 Å². The molecular weight excluding hydrogens is 478 g/mol. The monoisotopic (exact) mass is 517 g/mol. The molecule has 0 saturated carbocycles. The molecule has 0 unspecified atom stereocenters. The van der Waals surface area contributed by atoms with E-state index in [1.54, 1.807) is 43.2 Å². The van der Waals surface area contributed by atoms with Crippen LogP contribution in [0.5, 0.6) is 5.75 Å². The summed E-state index contributed by atoms with van der Waals surface area (Å²) in [6, 6.07) is 13.8. The summed E-state index contributed by atoms with van der Waals surface area (Å²) in [5.74, 6) is 0.217. The van der Waals surface area contributed by atoms with Crippen LogP contribution in [-0.4, -0.2) is 57.1 Å². The number of rotatable bonds is 13. The SMILES string of the molecule is CC[C@@H](C)NC(=O)[C@@H](C)N(Cc1ccccc1C)C(=O)CCCN(c1ccc(OC)cc1)S(C)(=O)=O. The fourth-order valence-corrected chi connectivity index (χ4v) is 4.74. The number of nitrogens with zero attached hydrogens (tertiary/aromatic N) is 2. The maximum absolute atomic E-state index is 13.4. The third kappa shape index (κ3) is 8.26. The maximum atomic E-state index is 13.4. The van der Waals surface area contributed by atoms with E-state index in [9.17, 15) is 18.0 Å². The molecule has 0 saturated heterocycles. The van der Waals surface area contributed by atoms with Gasteiger partial charge in [-0.2, -0.15) is 0 Å². The number of nitrogens with one attached hydrogen (secondary N) is 1. The van der Waals surface area contributed by atoms with E-state index < -0.39 is 16.1 Å². The van der Waals surface area contributed by atoms with Crippen molar-refractivity contribution >= 4 is 27.5 Å². The molecule has 198 valence electrons. The second-order valence-electron chi connectivity index (χ2n) is 9.08. The van der Waals surface area contributed by atoms with E-state index in [2.05, 4.69) is 5.32 Å². The van der Waals surface area contributed by atoms with E-state index in [1.807, 2.05) is 45.0 Å². The third-order valence-electron chi connectivity index (χ3n) is 6.28. The third-order valence-corrected chi connectivity index (χ3v) is 7.48. The fraction of sp³-hybridized carbons (Fsp3) is 0.481. The highest BCUT2D eigenvalue weighted by Crippen LogP contribution is 2.22. The normalized spacial score (nSPS) is 12.9. The van der Waals surface area contributed by atoms with Crippen LogP contribution in [0.3, 0.4) is 0 Å². The summed E-state index contributed by atoms with van der Waals surface area (Å²) in [6.45, 7) is 8.06. The molecule has 0 aliphatic heterocycles. The van der Waals surface area contributed by atoms with Crippen LogP contribution in [0.4, 0.5) is 5.69 Å². The van der Waals surface area contributed by atoms with Gasteiger partial charge in [0.2, 0.25) is 21.8 Å². The Morgan fingerprint density at radius 3 is 2.25 bits per heavy atom. The van der Waals surface area contributed by atoms with E-state index in [-0.39, 0.29) is 30.8 Å². The van der Waals surface area contributed by atoms with Gasteiger partial charge in [-0.15, -0.1) is 0 Å². The number of benzene rings is 2. The predicted molar refractivity (Wildman–Crippen MR) is 144 cm³/mol. The second-order valence-corrected chi connectivity index (χ2v) is 11.0. The Morgan fingerprint density at radius 2 is 1.69 bits per heavy atom. The summed E-state index contributed by atoms with van der Waals surface area (Å²) in [7, 11) is -2.01. The smallest absolute Gasteiger partial charge is 0.242 e. The first-order chi connectivity index (χ1) is 17.0. The van der Waals surface area contributed by atoms with Crippen molar-refractivity contribution in [3.8, 4) is 5.75 Å². The minimum absolute atomic E-state index is 0.00294. The first-order valence-corrected chi connectivity index (χ1v) is 14.1. The first-order valence-electron chi connectivity index (χ1n) is 12.2. The number of anilines is 1. The lowest BCUT2D eigenvalue weighted by Gasteiger charge is -2.30. The second kappa shape index (κ2) is 13.3. The van der Waals surface area contributed by atoms with Crippen molar-refractivity contribution in [3.63, 3.8) is 0 Å². The molecule has 1 N–H and O–H groups in total. The zero-order valence-electron chi connectivity index (χ0n) is 22.2. The maximum Gasteiger partial charge on any atom is 0.242 e. The number of methoxy groups -OCH3 is 1. The van der Waals surface area contributed by atoms with Gasteiger partial charge < -0.3 is 15.0 Å².